The van der Waals surface area contributed by atoms with Crippen LogP contribution in [0.4, 0.5) is 21.5 Å². The molecule has 146 valence electrons. The predicted octanol–water partition coefficient (Wildman–Crippen LogP) is 6.94. The monoisotopic (exact) mass is 403 g/mol. The van der Waals surface area contributed by atoms with Gasteiger partial charge in [-0.3, -0.25) is 0 Å². The number of rotatable bonds is 3. The Morgan fingerprint density at radius 3 is 2.06 bits per heavy atom. The van der Waals surface area contributed by atoms with Crippen LogP contribution in [0.3, 0.4) is 0 Å². The molecule has 0 unspecified atom stereocenters. The Hall–Kier alpha value is -4.61. The standard InChI is InChI=1S/C26H14FN3O/c27-26-17(15-28)13-20(14-18(26)16-29)30(19-7-2-1-3-8-19)22-10-6-12-24-25(22)21-9-4-5-11-23(21)31-24/h1-14H. The highest BCUT2D eigenvalue weighted by Gasteiger charge is 2.21. The number of hydrogen-bond acceptors (Lipinski definition) is 4. The number of anilines is 3. The van der Waals surface area contributed by atoms with Gasteiger partial charge in [0, 0.05) is 16.8 Å². The largest absolute Gasteiger partial charge is 0.456 e. The van der Waals surface area contributed by atoms with Crippen molar-refractivity contribution in [3.8, 4) is 12.1 Å². The van der Waals surface area contributed by atoms with Crippen LogP contribution in [-0.2, 0) is 0 Å². The van der Waals surface area contributed by atoms with Gasteiger partial charge in [-0.1, -0.05) is 42.5 Å². The van der Waals surface area contributed by atoms with Crippen LogP contribution in [0.5, 0.6) is 0 Å². The maximum atomic E-state index is 14.5. The van der Waals surface area contributed by atoms with Crippen molar-refractivity contribution in [2.24, 2.45) is 0 Å². The summed E-state index contributed by atoms with van der Waals surface area (Å²) in [5, 5.41) is 20.7. The third-order valence-corrected chi connectivity index (χ3v) is 5.19. The Morgan fingerprint density at radius 1 is 0.710 bits per heavy atom. The van der Waals surface area contributed by atoms with E-state index < -0.39 is 5.82 Å². The molecule has 0 aliphatic rings. The fourth-order valence-corrected chi connectivity index (χ4v) is 3.85. The fraction of sp³-hybridized carbons (Fsp3) is 0. The second kappa shape index (κ2) is 7.33. The maximum absolute atomic E-state index is 14.5. The third kappa shape index (κ3) is 2.97. The molecule has 4 aromatic carbocycles. The summed E-state index contributed by atoms with van der Waals surface area (Å²) in [6.07, 6.45) is 0. The minimum atomic E-state index is -0.811. The van der Waals surface area contributed by atoms with Crippen LogP contribution in [-0.4, -0.2) is 0 Å². The van der Waals surface area contributed by atoms with Crippen LogP contribution in [0.1, 0.15) is 11.1 Å². The summed E-state index contributed by atoms with van der Waals surface area (Å²) in [6.45, 7) is 0. The van der Waals surface area contributed by atoms with Gasteiger partial charge in [-0.05, 0) is 42.5 Å². The van der Waals surface area contributed by atoms with Crippen LogP contribution in [0.2, 0.25) is 0 Å². The molecule has 5 aromatic rings. The lowest BCUT2D eigenvalue weighted by Gasteiger charge is -2.26. The van der Waals surface area contributed by atoms with Gasteiger partial charge >= 0.3 is 0 Å². The number of fused-ring (bicyclic) bond motifs is 3. The van der Waals surface area contributed by atoms with E-state index >= 15 is 0 Å². The zero-order valence-electron chi connectivity index (χ0n) is 16.2. The Labute approximate surface area is 177 Å². The average molecular weight is 403 g/mol. The highest BCUT2D eigenvalue weighted by Crippen LogP contribution is 2.43. The summed E-state index contributed by atoms with van der Waals surface area (Å²) in [5.41, 5.74) is 3.22. The summed E-state index contributed by atoms with van der Waals surface area (Å²) in [6, 6.07) is 29.7. The number of para-hydroxylation sites is 2. The molecule has 0 amide bonds. The quantitative estimate of drug-likeness (QED) is 0.327. The lowest BCUT2D eigenvalue weighted by Crippen LogP contribution is -2.11. The molecule has 0 spiro atoms. The molecule has 0 fully saturated rings. The first kappa shape index (κ1) is 18.4. The van der Waals surface area contributed by atoms with Crippen molar-refractivity contribution in [1.82, 2.24) is 0 Å². The second-order valence-electron chi connectivity index (χ2n) is 7.00. The van der Waals surface area contributed by atoms with Crippen molar-refractivity contribution in [3.63, 3.8) is 0 Å². The molecule has 0 aliphatic carbocycles. The summed E-state index contributed by atoms with van der Waals surface area (Å²) < 4.78 is 20.5. The Morgan fingerprint density at radius 2 is 1.35 bits per heavy atom. The van der Waals surface area contributed by atoms with E-state index in [-0.39, 0.29) is 11.1 Å². The van der Waals surface area contributed by atoms with Crippen LogP contribution in [0, 0.1) is 28.5 Å². The van der Waals surface area contributed by atoms with Gasteiger partial charge in [-0.2, -0.15) is 10.5 Å². The molecule has 31 heavy (non-hydrogen) atoms. The first-order chi connectivity index (χ1) is 15.2. The van der Waals surface area contributed by atoms with Gasteiger partial charge in [-0.15, -0.1) is 0 Å². The molecule has 1 aromatic heterocycles. The van der Waals surface area contributed by atoms with Crippen LogP contribution < -0.4 is 4.90 Å². The van der Waals surface area contributed by atoms with Crippen LogP contribution >= 0.6 is 0 Å². The normalized spacial score (nSPS) is 10.7. The van der Waals surface area contributed by atoms with Crippen LogP contribution in [0.15, 0.2) is 89.3 Å². The van der Waals surface area contributed by atoms with Gasteiger partial charge in [0.25, 0.3) is 0 Å². The molecule has 0 atom stereocenters. The minimum Gasteiger partial charge on any atom is -0.456 e. The van der Waals surface area contributed by atoms with Gasteiger partial charge in [0.15, 0.2) is 5.82 Å². The first-order valence-electron chi connectivity index (χ1n) is 9.60. The van der Waals surface area contributed by atoms with Gasteiger partial charge in [-0.25, -0.2) is 4.39 Å². The second-order valence-corrected chi connectivity index (χ2v) is 7.00. The van der Waals surface area contributed by atoms with E-state index in [0.29, 0.717) is 11.3 Å². The molecule has 0 radical (unpaired) electrons. The molecule has 0 saturated heterocycles. The van der Waals surface area contributed by atoms with Crippen molar-refractivity contribution in [3.05, 3.63) is 102 Å². The van der Waals surface area contributed by atoms with Crippen molar-refractivity contribution in [1.29, 1.82) is 10.5 Å². The zero-order chi connectivity index (χ0) is 21.4. The first-order valence-corrected chi connectivity index (χ1v) is 9.60. The SMILES string of the molecule is N#Cc1cc(N(c2ccccc2)c2cccc3oc4ccccc4c23)cc(C#N)c1F. The van der Waals surface area contributed by atoms with Crippen molar-refractivity contribution in [2.45, 2.75) is 0 Å². The van der Waals surface area contributed by atoms with E-state index in [1.54, 1.807) is 0 Å². The number of halogens is 1. The maximum Gasteiger partial charge on any atom is 0.158 e. The van der Waals surface area contributed by atoms with E-state index in [2.05, 4.69) is 0 Å². The van der Waals surface area contributed by atoms with Crippen LogP contribution in [0.25, 0.3) is 21.9 Å². The number of furan rings is 1. The summed E-state index contributed by atoms with van der Waals surface area (Å²) in [5.74, 6) is -0.811. The Balaban J connectivity index is 1.87. The van der Waals surface area contributed by atoms with Gasteiger partial charge in [0.1, 0.15) is 23.3 Å². The molecule has 0 saturated carbocycles. The smallest absolute Gasteiger partial charge is 0.158 e. The lowest BCUT2D eigenvalue weighted by atomic mass is 10.1. The minimum absolute atomic E-state index is 0.181. The molecule has 5 rings (SSSR count). The number of nitriles is 2. The molecule has 1 heterocycles. The topological polar surface area (TPSA) is 64.0 Å². The summed E-state index contributed by atoms with van der Waals surface area (Å²) >= 11 is 0. The molecule has 5 heteroatoms. The number of hydrogen-bond donors (Lipinski definition) is 0. The zero-order valence-corrected chi connectivity index (χ0v) is 16.2. The van der Waals surface area contributed by atoms with E-state index in [9.17, 15) is 14.9 Å². The van der Waals surface area contributed by atoms with E-state index in [1.165, 1.54) is 12.1 Å². The summed E-state index contributed by atoms with van der Waals surface area (Å²) in [7, 11) is 0. The predicted molar refractivity (Wildman–Crippen MR) is 118 cm³/mol. The van der Waals surface area contributed by atoms with E-state index in [4.69, 9.17) is 4.42 Å². The van der Waals surface area contributed by atoms with Gasteiger partial charge in [0.2, 0.25) is 0 Å². The fourth-order valence-electron chi connectivity index (χ4n) is 3.85. The van der Waals surface area contributed by atoms with Crippen molar-refractivity contribution >= 4 is 39.0 Å². The molecule has 4 nitrogen and oxygen atoms in total. The van der Waals surface area contributed by atoms with Gasteiger partial charge in [0.05, 0.1) is 22.2 Å². The molecular weight excluding hydrogens is 389 g/mol. The Bertz CT molecular complexity index is 1490. The molecular formula is C26H14FN3O. The third-order valence-electron chi connectivity index (χ3n) is 5.19. The van der Waals surface area contributed by atoms with Crippen molar-refractivity contribution < 1.29 is 8.81 Å². The van der Waals surface area contributed by atoms with E-state index in [0.717, 1.165) is 27.7 Å². The highest BCUT2D eigenvalue weighted by atomic mass is 19.1. The summed E-state index contributed by atoms with van der Waals surface area (Å²) in [4.78, 5) is 1.91. The lowest BCUT2D eigenvalue weighted by molar-refractivity contribution is 0.620. The average Bonchev–Trinajstić information content (AvgIpc) is 3.20. The van der Waals surface area contributed by atoms with Gasteiger partial charge < -0.3 is 9.32 Å². The molecule has 0 bridgehead atoms. The number of benzene rings is 4. The Kier molecular flexibility index (Phi) is 4.36. The van der Waals surface area contributed by atoms with E-state index in [1.807, 2.05) is 89.8 Å². The number of nitrogens with zero attached hydrogens (tertiary/aromatic N) is 3. The highest BCUT2D eigenvalue weighted by molar-refractivity contribution is 6.13. The molecule has 0 N–H and O–H groups in total. The van der Waals surface area contributed by atoms with Crippen molar-refractivity contribution in [2.75, 3.05) is 4.90 Å². The molecule has 0 aliphatic heterocycles.